The molecule has 1 unspecified atom stereocenters. The minimum absolute atomic E-state index is 0.0939. The lowest BCUT2D eigenvalue weighted by molar-refractivity contribution is -0.938. The van der Waals surface area contributed by atoms with Gasteiger partial charge in [0.25, 0.3) is 0 Å². The summed E-state index contributed by atoms with van der Waals surface area (Å²) in [6.07, 6.45) is 1.53. The van der Waals surface area contributed by atoms with E-state index in [-0.39, 0.29) is 41.8 Å². The second-order valence-electron chi connectivity index (χ2n) is 9.92. The molecule has 3 N–H and O–H groups in total. The highest BCUT2D eigenvalue weighted by atomic mass is 16.5. The largest absolute Gasteiger partial charge is 0.504 e. The summed E-state index contributed by atoms with van der Waals surface area (Å²) >= 11 is 0. The molecule has 186 valence electrons. The van der Waals surface area contributed by atoms with Crippen molar-refractivity contribution in [2.24, 2.45) is 5.92 Å². The van der Waals surface area contributed by atoms with Gasteiger partial charge in [0.15, 0.2) is 23.6 Å². The molecular formula is C29H31N2O5+. The van der Waals surface area contributed by atoms with Gasteiger partial charge in [0, 0.05) is 30.0 Å². The molecule has 0 radical (unpaired) electrons. The van der Waals surface area contributed by atoms with E-state index in [9.17, 15) is 19.8 Å². The van der Waals surface area contributed by atoms with Gasteiger partial charge in [0.2, 0.25) is 5.78 Å². The summed E-state index contributed by atoms with van der Waals surface area (Å²) in [6.45, 7) is 2.59. The normalized spacial score (nSPS) is 23.6. The Labute approximate surface area is 210 Å². The summed E-state index contributed by atoms with van der Waals surface area (Å²) in [5.74, 6) is -0.681. The van der Waals surface area contributed by atoms with Crippen LogP contribution in [0.15, 0.2) is 78.9 Å². The number of ether oxygens (including phenoxy) is 1. The quantitative estimate of drug-likeness (QED) is 0.190. The molecular weight excluding hydrogens is 456 g/mol. The van der Waals surface area contributed by atoms with Gasteiger partial charge in [-0.2, -0.15) is 0 Å². The fourth-order valence-corrected chi connectivity index (χ4v) is 5.51. The first kappa shape index (κ1) is 23.9. The van der Waals surface area contributed by atoms with E-state index in [1.807, 2.05) is 60.7 Å². The predicted octanol–water partition coefficient (Wildman–Crippen LogP) is 4.29. The molecule has 3 aromatic carbocycles. The number of benzene rings is 3. The number of nitrogens with zero attached hydrogens (tertiary/aromatic N) is 1. The third-order valence-corrected chi connectivity index (χ3v) is 7.54. The third-order valence-electron chi connectivity index (χ3n) is 7.54. The minimum Gasteiger partial charge on any atom is -0.504 e. The van der Waals surface area contributed by atoms with Gasteiger partial charge in [0.05, 0.1) is 13.1 Å². The first-order valence-corrected chi connectivity index (χ1v) is 12.4. The van der Waals surface area contributed by atoms with Crippen molar-refractivity contribution in [2.75, 3.05) is 31.5 Å². The molecule has 0 amide bonds. The average Bonchev–Trinajstić information content (AvgIpc) is 2.90. The highest BCUT2D eigenvalue weighted by Gasteiger charge is 2.49. The van der Waals surface area contributed by atoms with Gasteiger partial charge in [-0.15, -0.1) is 0 Å². The number of phenolic OH excluding ortho intramolecular Hbond substituents is 2. The molecule has 3 aromatic rings. The van der Waals surface area contributed by atoms with Crippen LogP contribution >= 0.6 is 0 Å². The summed E-state index contributed by atoms with van der Waals surface area (Å²) in [5, 5.41) is 22.7. The number of hydrogen-bond acceptors (Lipinski definition) is 6. The number of Topliss-reactive ketones (excluding diaryl/α,β-unsaturated/α-hetero) is 1. The van der Waals surface area contributed by atoms with Gasteiger partial charge < -0.3 is 24.7 Å². The van der Waals surface area contributed by atoms with Crippen molar-refractivity contribution in [1.82, 2.24) is 0 Å². The molecule has 3 aliphatic rings. The highest BCUT2D eigenvalue weighted by molar-refractivity contribution is 5.97. The van der Waals surface area contributed by atoms with Crippen molar-refractivity contribution in [2.45, 2.75) is 25.0 Å². The van der Waals surface area contributed by atoms with Crippen LogP contribution in [-0.2, 0) is 9.53 Å². The second-order valence-corrected chi connectivity index (χ2v) is 9.92. The number of carbonyl (C=O) groups is 2. The third kappa shape index (κ3) is 5.06. The molecule has 0 aliphatic carbocycles. The van der Waals surface area contributed by atoms with Crippen molar-refractivity contribution in [3.05, 3.63) is 90.0 Å². The summed E-state index contributed by atoms with van der Waals surface area (Å²) in [5.41, 5.74) is 2.04. The van der Waals surface area contributed by atoms with Crippen molar-refractivity contribution < 1.29 is 29.0 Å². The molecule has 3 heterocycles. The lowest BCUT2D eigenvalue weighted by atomic mass is 9.82. The number of phenols is 2. The molecule has 2 atom stereocenters. The van der Waals surface area contributed by atoms with Crippen LogP contribution in [0, 0.1) is 5.92 Å². The molecule has 6 rings (SSSR count). The smallest absolute Gasteiger partial charge is 0.333 e. The van der Waals surface area contributed by atoms with Crippen LogP contribution in [0.1, 0.15) is 34.8 Å². The van der Waals surface area contributed by atoms with Gasteiger partial charge in [-0.3, -0.25) is 4.79 Å². The van der Waals surface area contributed by atoms with E-state index < -0.39 is 6.04 Å². The van der Waals surface area contributed by atoms with Gasteiger partial charge in [-0.1, -0.05) is 48.5 Å². The first-order chi connectivity index (χ1) is 17.4. The lowest BCUT2D eigenvalue weighted by Gasteiger charge is -2.51. The van der Waals surface area contributed by atoms with Crippen molar-refractivity contribution in [1.29, 1.82) is 0 Å². The van der Waals surface area contributed by atoms with Crippen LogP contribution in [0.5, 0.6) is 11.5 Å². The predicted molar refractivity (Wildman–Crippen MR) is 136 cm³/mol. The minimum atomic E-state index is -0.640. The van der Waals surface area contributed by atoms with Crippen LogP contribution < -0.4 is 5.32 Å². The SMILES string of the molecule is O=C(C[N+]12CCC(CC1)[C@@H](OC(=O)C(Nc1ccccc1)c1ccccc1)C2)c1ccc(O)c(O)c1. The zero-order valence-corrected chi connectivity index (χ0v) is 20.0. The molecule has 7 heteroatoms. The second kappa shape index (κ2) is 10.0. The summed E-state index contributed by atoms with van der Waals surface area (Å²) in [7, 11) is 0. The number of carbonyl (C=O) groups excluding carboxylic acids is 2. The summed E-state index contributed by atoms with van der Waals surface area (Å²) < 4.78 is 6.73. The molecule has 36 heavy (non-hydrogen) atoms. The Bertz CT molecular complexity index is 1220. The number of hydrogen-bond donors (Lipinski definition) is 3. The number of fused-ring (bicyclic) bond motifs is 3. The number of nitrogens with one attached hydrogen (secondary N) is 1. The highest BCUT2D eigenvalue weighted by Crippen LogP contribution is 2.37. The number of aromatic hydroxyl groups is 2. The van der Waals surface area contributed by atoms with Crippen molar-refractivity contribution in [3.63, 3.8) is 0 Å². The Kier molecular flexibility index (Phi) is 6.65. The maximum absolute atomic E-state index is 13.5. The van der Waals surface area contributed by atoms with E-state index in [0.717, 1.165) is 37.2 Å². The van der Waals surface area contributed by atoms with Gasteiger partial charge in [0.1, 0.15) is 13.1 Å². The van der Waals surface area contributed by atoms with Crippen LogP contribution in [0.3, 0.4) is 0 Å². The van der Waals surface area contributed by atoms with E-state index in [0.29, 0.717) is 16.6 Å². The number of anilines is 1. The molecule has 7 nitrogen and oxygen atoms in total. The average molecular weight is 488 g/mol. The summed E-state index contributed by atoms with van der Waals surface area (Å²) in [4.78, 5) is 26.6. The number of para-hydroxylation sites is 1. The van der Waals surface area contributed by atoms with Crippen LogP contribution in [0.2, 0.25) is 0 Å². The molecule has 0 spiro atoms. The zero-order valence-electron chi connectivity index (χ0n) is 20.0. The Morgan fingerprint density at radius 3 is 2.25 bits per heavy atom. The number of ketones is 1. The number of piperidine rings is 3. The molecule has 2 bridgehead atoms. The Balaban J connectivity index is 1.31. The topological polar surface area (TPSA) is 95.9 Å². The van der Waals surface area contributed by atoms with Crippen LogP contribution in [0.4, 0.5) is 5.69 Å². The zero-order chi connectivity index (χ0) is 25.1. The number of quaternary nitrogens is 1. The molecule has 0 saturated carbocycles. The first-order valence-electron chi connectivity index (χ1n) is 12.4. The van der Waals surface area contributed by atoms with E-state index in [1.165, 1.54) is 18.2 Å². The molecule has 0 aromatic heterocycles. The van der Waals surface area contributed by atoms with E-state index in [1.54, 1.807) is 0 Å². The van der Waals surface area contributed by atoms with E-state index >= 15 is 0 Å². The Morgan fingerprint density at radius 1 is 0.917 bits per heavy atom. The Morgan fingerprint density at radius 2 is 1.58 bits per heavy atom. The maximum atomic E-state index is 13.5. The van der Waals surface area contributed by atoms with Gasteiger partial charge in [-0.25, -0.2) is 4.79 Å². The maximum Gasteiger partial charge on any atom is 0.333 e. The molecule has 3 saturated heterocycles. The Hall–Kier alpha value is -3.84. The van der Waals surface area contributed by atoms with Gasteiger partial charge >= 0.3 is 5.97 Å². The van der Waals surface area contributed by atoms with Crippen molar-refractivity contribution >= 4 is 17.4 Å². The van der Waals surface area contributed by atoms with Crippen LogP contribution in [0.25, 0.3) is 0 Å². The molecule has 3 fully saturated rings. The fraction of sp³-hybridized carbons (Fsp3) is 0.310. The van der Waals surface area contributed by atoms with Gasteiger partial charge in [-0.05, 0) is 35.9 Å². The number of rotatable bonds is 8. The number of esters is 1. The van der Waals surface area contributed by atoms with E-state index in [4.69, 9.17) is 4.74 Å². The molecule has 3 aliphatic heterocycles. The standard InChI is InChI=1S/C29H30N2O5/c32-24-12-11-22(17-25(24)33)26(34)18-31-15-13-20(14-16-31)27(19-31)36-29(35)28(21-7-3-1-4-8-21)30-23-9-5-2-6-10-23/h1-12,17,20,27-28,30H,13-16,18-19H2,(H-,32,33,34)/p+1/t20?,27-,28?,31?/m0/s1. The van der Waals surface area contributed by atoms with Crippen molar-refractivity contribution in [3.8, 4) is 11.5 Å². The monoisotopic (exact) mass is 487 g/mol. The summed E-state index contributed by atoms with van der Waals surface area (Å²) in [6, 6.07) is 22.7. The van der Waals surface area contributed by atoms with E-state index in [2.05, 4.69) is 5.32 Å². The fourth-order valence-electron chi connectivity index (χ4n) is 5.51. The lowest BCUT2D eigenvalue weighted by Crippen LogP contribution is -2.65. The van der Waals surface area contributed by atoms with Crippen LogP contribution in [-0.4, -0.2) is 58.7 Å².